The fourth-order valence-electron chi connectivity index (χ4n) is 4.37. The maximum atomic E-state index is 12.6. The van der Waals surface area contributed by atoms with E-state index in [1.54, 1.807) is 13.0 Å². The Kier molecular flexibility index (Phi) is 8.09. The summed E-state index contributed by atoms with van der Waals surface area (Å²) in [6, 6.07) is 7.37. The molecule has 0 unspecified atom stereocenters. The fraction of sp³-hybridized carbons (Fsp3) is 0.423. The predicted octanol–water partition coefficient (Wildman–Crippen LogP) is 3.87. The third kappa shape index (κ3) is 5.53. The summed E-state index contributed by atoms with van der Waals surface area (Å²) in [5.41, 5.74) is 4.43. The highest BCUT2D eigenvalue weighted by Gasteiger charge is 2.22. The van der Waals surface area contributed by atoms with E-state index in [4.69, 9.17) is 4.74 Å². The average Bonchev–Trinajstić information content (AvgIpc) is 3.42. The number of carbonyl (C=O) groups excluding carboxylic acids is 3. The molecule has 7 nitrogen and oxygen atoms in total. The summed E-state index contributed by atoms with van der Waals surface area (Å²) in [4.78, 5) is 39.5. The highest BCUT2D eigenvalue weighted by Crippen LogP contribution is 2.25. The van der Waals surface area contributed by atoms with Crippen LogP contribution in [0, 0.1) is 13.8 Å². The number of carbonyl (C=O) groups is 3. The number of hydrogen-bond donors (Lipinski definition) is 1. The Balaban J connectivity index is 1.69. The Hall–Kier alpha value is -3.35. The van der Waals surface area contributed by atoms with Gasteiger partial charge < -0.3 is 19.5 Å². The standard InChI is InChI=1S/C26H33N3O4/c1-5-29-18(3)22(24(19(29)4)26(32)33-6-2)12-13-23(30)27-17-20-10-9-11-21(16-20)25(31)28-14-7-8-15-28/h9-13,16H,5-8,14-15,17H2,1-4H3,(H,27,30)/b13-12+. The summed E-state index contributed by atoms with van der Waals surface area (Å²) < 4.78 is 7.26. The topological polar surface area (TPSA) is 80.6 Å². The second-order valence-corrected chi connectivity index (χ2v) is 8.18. The molecule has 1 saturated heterocycles. The summed E-state index contributed by atoms with van der Waals surface area (Å²) in [6.07, 6.45) is 5.20. The van der Waals surface area contributed by atoms with Gasteiger partial charge in [0.25, 0.3) is 5.91 Å². The zero-order chi connectivity index (χ0) is 24.0. The van der Waals surface area contributed by atoms with E-state index >= 15 is 0 Å². The van der Waals surface area contributed by atoms with Crippen LogP contribution in [0.25, 0.3) is 6.08 Å². The van der Waals surface area contributed by atoms with Crippen LogP contribution in [0.15, 0.2) is 30.3 Å². The van der Waals surface area contributed by atoms with Crippen molar-refractivity contribution in [3.63, 3.8) is 0 Å². The Bertz CT molecular complexity index is 1060. The van der Waals surface area contributed by atoms with Crippen molar-refractivity contribution >= 4 is 23.9 Å². The molecule has 1 aliphatic heterocycles. The maximum absolute atomic E-state index is 12.6. The highest BCUT2D eigenvalue weighted by atomic mass is 16.5. The number of nitrogens with one attached hydrogen (secondary N) is 1. The molecule has 1 N–H and O–H groups in total. The van der Waals surface area contributed by atoms with Gasteiger partial charge in [-0.15, -0.1) is 0 Å². The molecule has 0 spiro atoms. The monoisotopic (exact) mass is 451 g/mol. The lowest BCUT2D eigenvalue weighted by Crippen LogP contribution is -2.27. The number of likely N-dealkylation sites (tertiary alicyclic amines) is 1. The highest BCUT2D eigenvalue weighted by molar-refractivity contribution is 5.99. The van der Waals surface area contributed by atoms with Crippen LogP contribution in [0.2, 0.25) is 0 Å². The van der Waals surface area contributed by atoms with Gasteiger partial charge in [-0.1, -0.05) is 12.1 Å². The zero-order valence-electron chi connectivity index (χ0n) is 19.9. The maximum Gasteiger partial charge on any atom is 0.340 e. The normalized spacial score (nSPS) is 13.5. The summed E-state index contributed by atoms with van der Waals surface area (Å²) in [5, 5.41) is 2.86. The van der Waals surface area contributed by atoms with Gasteiger partial charge in [-0.25, -0.2) is 4.79 Å². The number of ether oxygens (including phenoxy) is 1. The van der Waals surface area contributed by atoms with E-state index in [9.17, 15) is 14.4 Å². The average molecular weight is 452 g/mol. The molecule has 2 aromatic rings. The van der Waals surface area contributed by atoms with E-state index in [2.05, 4.69) is 5.32 Å². The summed E-state index contributed by atoms with van der Waals surface area (Å²) in [6.45, 7) is 10.5. The van der Waals surface area contributed by atoms with Gasteiger partial charge in [0, 0.05) is 54.8 Å². The van der Waals surface area contributed by atoms with Crippen LogP contribution < -0.4 is 5.32 Å². The third-order valence-corrected chi connectivity index (χ3v) is 6.06. The molecule has 0 saturated carbocycles. The van der Waals surface area contributed by atoms with Gasteiger partial charge in [-0.2, -0.15) is 0 Å². The van der Waals surface area contributed by atoms with E-state index in [0.717, 1.165) is 49.4 Å². The number of esters is 1. The molecule has 1 aromatic carbocycles. The molecule has 0 radical (unpaired) electrons. The second-order valence-electron chi connectivity index (χ2n) is 8.18. The van der Waals surface area contributed by atoms with E-state index in [1.165, 1.54) is 6.08 Å². The molecule has 2 heterocycles. The van der Waals surface area contributed by atoms with E-state index in [1.807, 2.05) is 54.5 Å². The van der Waals surface area contributed by atoms with Crippen LogP contribution in [-0.4, -0.2) is 46.9 Å². The lowest BCUT2D eigenvalue weighted by Gasteiger charge is -2.15. The first-order valence-corrected chi connectivity index (χ1v) is 11.6. The van der Waals surface area contributed by atoms with Crippen LogP contribution in [0.3, 0.4) is 0 Å². The van der Waals surface area contributed by atoms with E-state index in [-0.39, 0.29) is 24.4 Å². The van der Waals surface area contributed by atoms with Crippen LogP contribution in [0.4, 0.5) is 0 Å². The molecule has 1 aliphatic rings. The van der Waals surface area contributed by atoms with Crippen molar-refractivity contribution in [2.75, 3.05) is 19.7 Å². The Morgan fingerprint density at radius 1 is 1.09 bits per heavy atom. The minimum absolute atomic E-state index is 0.0401. The number of hydrogen-bond acceptors (Lipinski definition) is 4. The quantitative estimate of drug-likeness (QED) is 0.488. The van der Waals surface area contributed by atoms with Crippen molar-refractivity contribution in [2.24, 2.45) is 0 Å². The van der Waals surface area contributed by atoms with Crippen molar-refractivity contribution in [3.8, 4) is 0 Å². The van der Waals surface area contributed by atoms with Crippen LogP contribution in [-0.2, 0) is 22.6 Å². The summed E-state index contributed by atoms with van der Waals surface area (Å²) in [5.74, 6) is -0.620. The molecule has 0 atom stereocenters. The molecule has 2 amide bonds. The lowest BCUT2D eigenvalue weighted by molar-refractivity contribution is -0.116. The van der Waals surface area contributed by atoms with Crippen molar-refractivity contribution in [1.82, 2.24) is 14.8 Å². The SMILES string of the molecule is CCOC(=O)c1c(/C=C/C(=O)NCc2cccc(C(=O)N3CCCC3)c2)c(C)n(CC)c1C. The van der Waals surface area contributed by atoms with Crippen LogP contribution >= 0.6 is 0 Å². The molecule has 3 rings (SSSR count). The summed E-state index contributed by atoms with van der Waals surface area (Å²) >= 11 is 0. The molecular formula is C26H33N3O4. The van der Waals surface area contributed by atoms with Crippen molar-refractivity contribution in [3.05, 3.63) is 64.0 Å². The van der Waals surface area contributed by atoms with Crippen LogP contribution in [0.1, 0.15) is 69.9 Å². The Morgan fingerprint density at radius 2 is 1.82 bits per heavy atom. The zero-order valence-corrected chi connectivity index (χ0v) is 19.9. The summed E-state index contributed by atoms with van der Waals surface area (Å²) in [7, 11) is 0. The van der Waals surface area contributed by atoms with Gasteiger partial charge in [-0.05, 0) is 64.3 Å². The molecule has 0 aliphatic carbocycles. The minimum Gasteiger partial charge on any atom is -0.462 e. The van der Waals surface area contributed by atoms with Gasteiger partial charge in [0.1, 0.15) is 0 Å². The van der Waals surface area contributed by atoms with Crippen molar-refractivity contribution in [2.45, 2.75) is 53.6 Å². The smallest absolute Gasteiger partial charge is 0.340 e. The van der Waals surface area contributed by atoms with Gasteiger partial charge >= 0.3 is 5.97 Å². The van der Waals surface area contributed by atoms with Gasteiger partial charge in [0.2, 0.25) is 5.91 Å². The second kappa shape index (κ2) is 11.0. The minimum atomic E-state index is -0.384. The predicted molar refractivity (Wildman–Crippen MR) is 128 cm³/mol. The molecule has 176 valence electrons. The van der Waals surface area contributed by atoms with Crippen LogP contribution in [0.5, 0.6) is 0 Å². The number of rotatable bonds is 8. The molecule has 7 heteroatoms. The lowest BCUT2D eigenvalue weighted by atomic mass is 10.1. The van der Waals surface area contributed by atoms with Gasteiger partial charge in [0.15, 0.2) is 0 Å². The molecule has 1 fully saturated rings. The van der Waals surface area contributed by atoms with E-state index < -0.39 is 0 Å². The van der Waals surface area contributed by atoms with Crippen molar-refractivity contribution in [1.29, 1.82) is 0 Å². The molecule has 33 heavy (non-hydrogen) atoms. The Labute approximate surface area is 195 Å². The van der Waals surface area contributed by atoms with Gasteiger partial charge in [-0.3, -0.25) is 9.59 Å². The first kappa shape index (κ1) is 24.3. The largest absolute Gasteiger partial charge is 0.462 e. The molecule has 0 bridgehead atoms. The fourth-order valence-corrected chi connectivity index (χ4v) is 4.37. The third-order valence-electron chi connectivity index (χ3n) is 6.06. The first-order chi connectivity index (χ1) is 15.9. The van der Waals surface area contributed by atoms with Crippen molar-refractivity contribution < 1.29 is 19.1 Å². The molecular weight excluding hydrogens is 418 g/mol. The Morgan fingerprint density at radius 3 is 2.48 bits per heavy atom. The molecule has 1 aromatic heterocycles. The number of benzene rings is 1. The number of aromatic nitrogens is 1. The first-order valence-electron chi connectivity index (χ1n) is 11.6. The van der Waals surface area contributed by atoms with E-state index in [0.29, 0.717) is 23.2 Å². The van der Waals surface area contributed by atoms with Gasteiger partial charge in [0.05, 0.1) is 12.2 Å². The number of nitrogens with zero attached hydrogens (tertiary/aromatic N) is 2. The number of amides is 2.